The highest BCUT2D eigenvalue weighted by molar-refractivity contribution is 6.07. The van der Waals surface area contributed by atoms with Crippen LogP contribution in [-0.4, -0.2) is 38.3 Å². The monoisotopic (exact) mass is 404 g/mol. The predicted molar refractivity (Wildman–Crippen MR) is 122 cm³/mol. The zero-order chi connectivity index (χ0) is 20.1. The molecule has 0 aliphatic heterocycles. The maximum Gasteiger partial charge on any atom is 0.0783 e. The minimum absolute atomic E-state index is 0.681. The van der Waals surface area contributed by atoms with Crippen molar-refractivity contribution in [2.75, 3.05) is 33.8 Å². The van der Waals surface area contributed by atoms with E-state index in [-0.39, 0.29) is 0 Å². The number of rotatable bonds is 22. The van der Waals surface area contributed by atoms with Crippen LogP contribution in [-0.2, 0) is 4.29 Å². The molecule has 0 amide bonds. The number of hydrogen-bond acceptors (Lipinski definition) is 1. The Kier molecular flexibility index (Phi) is 21.1. The molecular weight excluding hydrogens is 354 g/mol. The summed E-state index contributed by atoms with van der Waals surface area (Å²) in [7, 11) is 4.71. The second-order valence-electron chi connectivity index (χ2n) is 9.21. The summed E-state index contributed by atoms with van der Waals surface area (Å²) in [6.07, 6.45) is 25.4. The summed E-state index contributed by atoms with van der Waals surface area (Å²) in [5.41, 5.74) is 0. The number of halogens is 1. The van der Waals surface area contributed by atoms with Crippen molar-refractivity contribution in [3.8, 4) is 0 Å². The average molecular weight is 405 g/mol. The second-order valence-corrected chi connectivity index (χ2v) is 9.42. The molecule has 164 valence electrons. The molecule has 0 radical (unpaired) electrons. The van der Waals surface area contributed by atoms with Crippen molar-refractivity contribution in [3.63, 3.8) is 0 Å². The molecule has 0 fully saturated rings. The van der Waals surface area contributed by atoms with Gasteiger partial charge in [-0.2, -0.15) is 0 Å². The Morgan fingerprint density at radius 2 is 0.852 bits per heavy atom. The average Bonchev–Trinajstić information content (AvgIpc) is 2.65. The predicted octanol–water partition coefficient (Wildman–Crippen LogP) is 8.27. The van der Waals surface area contributed by atoms with E-state index in [9.17, 15) is 0 Å². The lowest BCUT2D eigenvalue weighted by Gasteiger charge is -2.29. The molecule has 0 N–H and O–H groups in total. The lowest BCUT2D eigenvalue weighted by molar-refractivity contribution is -0.890. The normalized spacial score (nSPS) is 12.0. The third-order valence-electron chi connectivity index (χ3n) is 5.85. The van der Waals surface area contributed by atoms with E-state index in [1.54, 1.807) is 0 Å². The van der Waals surface area contributed by atoms with Gasteiger partial charge in [0.25, 0.3) is 0 Å². The number of unbranched alkanes of at least 4 members (excludes halogenated alkanes) is 16. The first-order valence-corrected chi connectivity index (χ1v) is 12.5. The Morgan fingerprint density at radius 1 is 0.519 bits per heavy atom. The number of quaternary nitrogens is 1. The molecule has 0 aromatic carbocycles. The summed E-state index contributed by atoms with van der Waals surface area (Å²) in [5.74, 6) is 0. The minimum Gasteiger partial charge on any atom is -0.328 e. The molecule has 0 heterocycles. The fourth-order valence-corrected chi connectivity index (χ4v) is 4.01. The Bertz CT molecular complexity index is 284. The van der Waals surface area contributed by atoms with E-state index in [4.69, 9.17) is 11.9 Å². The van der Waals surface area contributed by atoms with Gasteiger partial charge in [-0.25, -0.2) is 0 Å². The van der Waals surface area contributed by atoms with Gasteiger partial charge < -0.3 is 4.48 Å². The fraction of sp³-hybridized carbons (Fsp3) is 1.00. The lowest BCUT2D eigenvalue weighted by Crippen LogP contribution is -2.41. The fourth-order valence-electron chi connectivity index (χ4n) is 3.90. The van der Waals surface area contributed by atoms with Crippen molar-refractivity contribution in [2.45, 2.75) is 122 Å². The van der Waals surface area contributed by atoms with Gasteiger partial charge in [0.15, 0.2) is 0 Å². The molecule has 0 aromatic rings. The highest BCUT2D eigenvalue weighted by Gasteiger charge is 2.13. The van der Waals surface area contributed by atoms with Gasteiger partial charge in [0.05, 0.1) is 45.7 Å². The van der Waals surface area contributed by atoms with Crippen molar-refractivity contribution in [1.82, 2.24) is 0 Å². The summed E-state index contributed by atoms with van der Waals surface area (Å²) >= 11 is 5.26. The first-order valence-electron chi connectivity index (χ1n) is 12.2. The molecule has 3 heteroatoms. The molecule has 0 saturated carbocycles. The Morgan fingerprint density at radius 3 is 1.22 bits per heavy atom. The maximum atomic E-state index is 5.26. The highest BCUT2D eigenvalue weighted by atomic mass is 35.5. The third kappa shape index (κ3) is 22.4. The molecule has 0 aromatic heterocycles. The van der Waals surface area contributed by atoms with Crippen LogP contribution in [0.2, 0.25) is 0 Å². The summed E-state index contributed by atoms with van der Waals surface area (Å²) in [6.45, 7) is 5.52. The molecule has 2 nitrogen and oxygen atoms in total. The van der Waals surface area contributed by atoms with Crippen molar-refractivity contribution in [1.29, 1.82) is 0 Å². The van der Waals surface area contributed by atoms with Crippen LogP contribution < -0.4 is 0 Å². The molecule has 0 aliphatic carbocycles. The first-order chi connectivity index (χ1) is 13.1. The van der Waals surface area contributed by atoms with E-state index >= 15 is 0 Å². The number of nitrogens with zero attached hydrogens (tertiary/aromatic N) is 1. The molecule has 27 heavy (non-hydrogen) atoms. The topological polar surface area (TPSA) is 9.23 Å². The van der Waals surface area contributed by atoms with Crippen molar-refractivity contribution >= 4 is 11.9 Å². The Hall–Kier alpha value is 0.210. The molecular formula is C24H51ClNO+. The quantitative estimate of drug-likeness (QED) is 0.130. The molecule has 0 saturated heterocycles. The molecule has 0 bridgehead atoms. The van der Waals surface area contributed by atoms with Gasteiger partial charge in [-0.3, -0.25) is 4.29 Å². The summed E-state index contributed by atoms with van der Waals surface area (Å²) < 4.78 is 5.76. The van der Waals surface area contributed by atoms with E-state index < -0.39 is 0 Å². The van der Waals surface area contributed by atoms with Crippen LogP contribution in [0, 0.1) is 0 Å². The zero-order valence-corrected chi connectivity index (χ0v) is 19.8. The largest absolute Gasteiger partial charge is 0.328 e. The van der Waals surface area contributed by atoms with Crippen LogP contribution in [0.4, 0.5) is 0 Å². The zero-order valence-electron chi connectivity index (χ0n) is 19.1. The van der Waals surface area contributed by atoms with Gasteiger partial charge in [0.2, 0.25) is 0 Å². The minimum atomic E-state index is 0.681. The number of hydrogen-bond donors (Lipinski definition) is 0. The summed E-state index contributed by atoms with van der Waals surface area (Å²) in [4.78, 5) is 0. The molecule has 0 aliphatic rings. The lowest BCUT2D eigenvalue weighted by atomic mass is 10.0. The van der Waals surface area contributed by atoms with E-state index in [0.717, 1.165) is 10.9 Å². The van der Waals surface area contributed by atoms with Gasteiger partial charge in [0.1, 0.15) is 0 Å². The van der Waals surface area contributed by atoms with Gasteiger partial charge >= 0.3 is 0 Å². The van der Waals surface area contributed by atoms with Crippen LogP contribution >= 0.6 is 11.9 Å². The van der Waals surface area contributed by atoms with Crippen LogP contribution in [0.25, 0.3) is 0 Å². The van der Waals surface area contributed by atoms with E-state index in [1.165, 1.54) is 122 Å². The van der Waals surface area contributed by atoms with Crippen molar-refractivity contribution in [2.24, 2.45) is 0 Å². The van der Waals surface area contributed by atoms with Crippen LogP contribution in [0.3, 0.4) is 0 Å². The standard InChI is InChI=1S/C24H51ClNO/c1-4-5-6-7-8-9-10-11-12-13-14-15-16-17-18-19-22-26(2,3)23-20-21-24-27-25/h4-24H2,1-3H3/q+1. The Balaban J connectivity index is 3.20. The first kappa shape index (κ1) is 27.2. The van der Waals surface area contributed by atoms with E-state index in [0.29, 0.717) is 6.61 Å². The maximum absolute atomic E-state index is 5.26. The molecule has 0 rings (SSSR count). The van der Waals surface area contributed by atoms with Crippen molar-refractivity contribution in [3.05, 3.63) is 0 Å². The summed E-state index contributed by atoms with van der Waals surface area (Å²) in [5, 5.41) is 0. The smallest absolute Gasteiger partial charge is 0.0783 e. The summed E-state index contributed by atoms with van der Waals surface area (Å²) in [6, 6.07) is 0. The molecule has 0 unspecified atom stereocenters. The molecule has 0 atom stereocenters. The van der Waals surface area contributed by atoms with Gasteiger partial charge in [-0.15, -0.1) is 0 Å². The second kappa shape index (κ2) is 20.9. The van der Waals surface area contributed by atoms with E-state index in [1.807, 2.05) is 0 Å². The van der Waals surface area contributed by atoms with Gasteiger partial charge in [0, 0.05) is 0 Å². The highest BCUT2D eigenvalue weighted by Crippen LogP contribution is 2.14. The Labute approximate surface area is 177 Å². The third-order valence-corrected chi connectivity index (χ3v) is 6.01. The van der Waals surface area contributed by atoms with Crippen LogP contribution in [0.15, 0.2) is 0 Å². The van der Waals surface area contributed by atoms with Gasteiger partial charge in [-0.1, -0.05) is 96.8 Å². The SMILES string of the molecule is CCCCCCCCCCCCCCCCCC[N+](C)(C)CCCCOCl. The van der Waals surface area contributed by atoms with Gasteiger partial charge in [-0.05, 0) is 25.7 Å². The molecule has 0 spiro atoms. The van der Waals surface area contributed by atoms with Crippen molar-refractivity contribution < 1.29 is 8.77 Å². The van der Waals surface area contributed by atoms with E-state index in [2.05, 4.69) is 25.3 Å². The van der Waals surface area contributed by atoms with Crippen LogP contribution in [0.1, 0.15) is 122 Å². The van der Waals surface area contributed by atoms with Crippen LogP contribution in [0.5, 0.6) is 0 Å².